The summed E-state index contributed by atoms with van der Waals surface area (Å²) in [6, 6.07) is 19.6. The van der Waals surface area contributed by atoms with Crippen molar-refractivity contribution in [1.82, 2.24) is 35.9 Å². The Morgan fingerprint density at radius 3 is 2.42 bits per heavy atom. The van der Waals surface area contributed by atoms with Crippen molar-refractivity contribution < 1.29 is 19.1 Å². The molecule has 4 heterocycles. The summed E-state index contributed by atoms with van der Waals surface area (Å²) in [7, 11) is 3.28. The molecule has 14 heteroatoms. The molecule has 3 N–H and O–H groups in total. The highest BCUT2D eigenvalue weighted by molar-refractivity contribution is 6.39. The maximum Gasteiger partial charge on any atom is 0.235 e. The highest BCUT2D eigenvalue weighted by atomic mass is 35.5. The lowest BCUT2D eigenvalue weighted by Crippen LogP contribution is -2.43. The fourth-order valence-electron chi connectivity index (χ4n) is 7.26. The third-order valence-electron chi connectivity index (χ3n) is 10.2. The van der Waals surface area contributed by atoms with Crippen LogP contribution in [0.15, 0.2) is 66.9 Å². The molecule has 0 spiro atoms. The van der Waals surface area contributed by atoms with E-state index in [0.717, 1.165) is 64.7 Å². The smallest absolute Gasteiger partial charge is 0.235 e. The number of ether oxygens (including phenoxy) is 2. The number of fused-ring (bicyclic) bond motifs is 1. The van der Waals surface area contributed by atoms with Gasteiger partial charge in [0.15, 0.2) is 0 Å². The summed E-state index contributed by atoms with van der Waals surface area (Å²) in [5.41, 5.74) is 9.52. The van der Waals surface area contributed by atoms with Gasteiger partial charge in [0, 0.05) is 97.1 Å². The number of piperidine rings is 1. The summed E-state index contributed by atoms with van der Waals surface area (Å²) in [4.78, 5) is 34.8. The van der Waals surface area contributed by atoms with E-state index in [4.69, 9.17) is 49.3 Å². The van der Waals surface area contributed by atoms with Gasteiger partial charge in [0.2, 0.25) is 11.8 Å². The molecule has 0 unspecified atom stereocenters. The number of rotatable bonds is 12. The van der Waals surface area contributed by atoms with Crippen LogP contribution in [-0.4, -0.2) is 78.3 Å². The zero-order valence-electron chi connectivity index (χ0n) is 30.8. The van der Waals surface area contributed by atoms with Crippen molar-refractivity contribution in [1.29, 1.82) is 0 Å². The van der Waals surface area contributed by atoms with E-state index in [0.29, 0.717) is 82.2 Å². The number of amides is 2. The van der Waals surface area contributed by atoms with E-state index >= 15 is 0 Å². The summed E-state index contributed by atoms with van der Waals surface area (Å²) >= 11 is 21.2. The highest BCUT2D eigenvalue weighted by Gasteiger charge is 2.23. The summed E-state index contributed by atoms with van der Waals surface area (Å²) in [6.07, 6.45) is 4.00. The molecular formula is C41H42Cl3N7O4. The molecule has 286 valence electrons. The van der Waals surface area contributed by atoms with Gasteiger partial charge in [-0.2, -0.15) is 0 Å². The number of halogens is 3. The van der Waals surface area contributed by atoms with Crippen LogP contribution in [0.2, 0.25) is 15.1 Å². The molecule has 0 aliphatic carbocycles. The van der Waals surface area contributed by atoms with E-state index in [1.807, 2.05) is 70.6 Å². The van der Waals surface area contributed by atoms with Gasteiger partial charge in [-0.25, -0.2) is 9.99 Å². The third-order valence-corrected chi connectivity index (χ3v) is 11.3. The molecule has 3 aromatic carbocycles. The molecule has 55 heavy (non-hydrogen) atoms. The topological polar surface area (TPSA) is 121 Å². The fraction of sp³-hybridized carbons (Fsp3) is 0.317. The molecule has 2 saturated heterocycles. The number of hydrogen-bond acceptors (Lipinski definition) is 9. The number of nitrogens with zero attached hydrogens (tertiary/aromatic N) is 4. The van der Waals surface area contributed by atoms with Crippen LogP contribution in [0.25, 0.3) is 44.5 Å². The van der Waals surface area contributed by atoms with Gasteiger partial charge in [-0.1, -0.05) is 65.1 Å². The largest absolute Gasteiger partial charge is 0.496 e. The SMILES string of the molecule is COc1cc(-c2nccc(-c3cccc(-c4ccc5c(OC)c(CNC6CCN(C(C)=O)CC6)cc(Cl)c5n4)c3Cl)c2Cl)ccc1CNCN1CCC(=O)N1. The summed E-state index contributed by atoms with van der Waals surface area (Å²) in [6.45, 7) is 5.42. The number of pyridine rings is 2. The van der Waals surface area contributed by atoms with Crippen LogP contribution in [0.5, 0.6) is 11.5 Å². The van der Waals surface area contributed by atoms with Gasteiger partial charge in [-0.15, -0.1) is 0 Å². The first-order valence-corrected chi connectivity index (χ1v) is 19.3. The maximum atomic E-state index is 11.7. The lowest BCUT2D eigenvalue weighted by molar-refractivity contribution is -0.130. The lowest BCUT2D eigenvalue weighted by atomic mass is 9.98. The van der Waals surface area contributed by atoms with Gasteiger partial charge in [0.05, 0.1) is 52.9 Å². The number of likely N-dealkylation sites (tertiary alicyclic amines) is 1. The highest BCUT2D eigenvalue weighted by Crippen LogP contribution is 2.43. The van der Waals surface area contributed by atoms with E-state index in [1.54, 1.807) is 27.3 Å². The number of carbonyl (C=O) groups excluding carboxylic acids is 2. The zero-order valence-corrected chi connectivity index (χ0v) is 33.1. The van der Waals surface area contributed by atoms with Gasteiger partial charge in [-0.3, -0.25) is 25.3 Å². The Bertz CT molecular complexity index is 2250. The minimum Gasteiger partial charge on any atom is -0.496 e. The molecule has 7 rings (SSSR count). The van der Waals surface area contributed by atoms with Crippen molar-refractivity contribution in [3.8, 4) is 45.1 Å². The van der Waals surface area contributed by atoms with Crippen molar-refractivity contribution in [2.75, 3.05) is 40.5 Å². The average molecular weight is 803 g/mol. The number of hydrazine groups is 1. The number of aromatic nitrogens is 2. The van der Waals surface area contributed by atoms with Crippen LogP contribution in [0.3, 0.4) is 0 Å². The van der Waals surface area contributed by atoms with Crippen LogP contribution in [0, 0.1) is 0 Å². The van der Waals surface area contributed by atoms with Crippen molar-refractivity contribution >= 4 is 57.5 Å². The van der Waals surface area contributed by atoms with E-state index in [1.165, 1.54) is 0 Å². The predicted molar refractivity (Wildman–Crippen MR) is 217 cm³/mol. The third kappa shape index (κ3) is 8.38. The van der Waals surface area contributed by atoms with Crippen LogP contribution in [0.1, 0.15) is 37.3 Å². The molecule has 0 bridgehead atoms. The van der Waals surface area contributed by atoms with Crippen molar-refractivity contribution in [2.45, 2.75) is 45.3 Å². The van der Waals surface area contributed by atoms with Crippen LogP contribution < -0.4 is 25.5 Å². The number of nitrogens with one attached hydrogen (secondary N) is 3. The monoisotopic (exact) mass is 801 g/mol. The van der Waals surface area contributed by atoms with Gasteiger partial charge in [-0.05, 0) is 43.2 Å². The van der Waals surface area contributed by atoms with Gasteiger partial charge < -0.3 is 19.7 Å². The Morgan fingerprint density at radius 1 is 0.909 bits per heavy atom. The second-order valence-corrected chi connectivity index (χ2v) is 14.8. The van der Waals surface area contributed by atoms with Crippen molar-refractivity contribution in [3.63, 3.8) is 0 Å². The Labute approximate surface area is 335 Å². The van der Waals surface area contributed by atoms with Crippen LogP contribution >= 0.6 is 34.8 Å². The Balaban J connectivity index is 1.12. The molecule has 0 saturated carbocycles. The Hall–Kier alpha value is -4.49. The normalized spacial score (nSPS) is 15.1. The van der Waals surface area contributed by atoms with Crippen LogP contribution in [0.4, 0.5) is 0 Å². The van der Waals surface area contributed by atoms with Crippen molar-refractivity contribution in [3.05, 3.63) is 93.1 Å². The van der Waals surface area contributed by atoms with Gasteiger partial charge >= 0.3 is 0 Å². The van der Waals surface area contributed by atoms with E-state index < -0.39 is 0 Å². The molecule has 5 aromatic rings. The first-order valence-electron chi connectivity index (χ1n) is 18.2. The maximum absolute atomic E-state index is 11.7. The summed E-state index contributed by atoms with van der Waals surface area (Å²) in [5.74, 6) is 1.54. The summed E-state index contributed by atoms with van der Waals surface area (Å²) in [5, 5.41) is 11.1. The molecule has 2 aliphatic heterocycles. The van der Waals surface area contributed by atoms with Crippen LogP contribution in [-0.2, 0) is 22.7 Å². The first-order chi connectivity index (χ1) is 26.6. The number of methoxy groups -OCH3 is 2. The molecule has 11 nitrogen and oxygen atoms in total. The Kier molecular flexibility index (Phi) is 12.1. The van der Waals surface area contributed by atoms with Crippen molar-refractivity contribution in [2.24, 2.45) is 0 Å². The summed E-state index contributed by atoms with van der Waals surface area (Å²) < 4.78 is 11.6. The van der Waals surface area contributed by atoms with E-state index in [-0.39, 0.29) is 11.8 Å². The number of hydrogen-bond donors (Lipinski definition) is 3. The predicted octanol–water partition coefficient (Wildman–Crippen LogP) is 7.49. The Morgan fingerprint density at radius 2 is 1.69 bits per heavy atom. The lowest BCUT2D eigenvalue weighted by Gasteiger charge is -2.32. The molecule has 2 fully saturated rings. The molecule has 2 aliphatic rings. The molecule has 2 aromatic heterocycles. The molecule has 0 radical (unpaired) electrons. The minimum atomic E-state index is 0.0264. The average Bonchev–Trinajstić information content (AvgIpc) is 3.62. The first kappa shape index (κ1) is 38.8. The fourth-order valence-corrected chi connectivity index (χ4v) is 8.18. The molecular weight excluding hydrogens is 761 g/mol. The molecule has 0 atom stereocenters. The van der Waals surface area contributed by atoms with E-state index in [2.05, 4.69) is 21.0 Å². The minimum absolute atomic E-state index is 0.0264. The second-order valence-electron chi connectivity index (χ2n) is 13.7. The van der Waals surface area contributed by atoms with Gasteiger partial charge in [0.1, 0.15) is 11.5 Å². The van der Waals surface area contributed by atoms with Gasteiger partial charge in [0.25, 0.3) is 0 Å². The number of carbonyl (C=O) groups is 2. The second kappa shape index (κ2) is 17.1. The molecule has 2 amide bonds. The number of benzene rings is 3. The quantitative estimate of drug-likeness (QED) is 0.118. The standard InChI is InChI=1S/C41H42Cl3N7O4/c1-24(52)50-16-12-28(13-17-50)47-22-27-19-33(42)40-32(41(27)55-3)9-10-34(48-40)31-6-4-5-29(37(31)43)30-11-15-46-39(38(30)44)25-7-8-26(35(20-25)54-2)21-45-23-51-18-14-36(53)49-51/h4-11,15,19-20,28,45,47H,12-14,16-18,21-23H2,1-3H3,(H,49,53). The zero-order chi connectivity index (χ0) is 38.6. The van der Waals surface area contributed by atoms with E-state index in [9.17, 15) is 9.59 Å².